The molecule has 3 rings (SSSR count). The van der Waals surface area contributed by atoms with Crippen molar-refractivity contribution in [3.05, 3.63) is 58.6 Å². The molecule has 6 nitrogen and oxygen atoms in total. The summed E-state index contributed by atoms with van der Waals surface area (Å²) in [7, 11) is -3.66. The first-order valence-corrected chi connectivity index (χ1v) is 12.0. The first-order valence-electron chi connectivity index (χ1n) is 9.23. The fourth-order valence-electron chi connectivity index (χ4n) is 2.91. The standard InChI is InChI=1S/C20H23ClN2O4S2/c1-15-2-3-16(14-19(15)29(25,26)23-9-11-27-12-10-23)20(24)22-8-13-28-18-6-4-17(21)5-7-18/h2-7,14H,8-13H2,1H3,(H,22,24). The Balaban J connectivity index is 1.62. The summed E-state index contributed by atoms with van der Waals surface area (Å²) in [5, 5.41) is 3.53. The van der Waals surface area contributed by atoms with E-state index in [1.165, 1.54) is 10.4 Å². The Bertz CT molecular complexity index is 959. The Morgan fingerprint density at radius 2 is 1.86 bits per heavy atom. The van der Waals surface area contributed by atoms with Gasteiger partial charge >= 0.3 is 0 Å². The van der Waals surface area contributed by atoms with E-state index in [9.17, 15) is 13.2 Å². The van der Waals surface area contributed by atoms with Crippen LogP contribution in [0.4, 0.5) is 0 Å². The zero-order chi connectivity index (χ0) is 20.9. The second kappa shape index (κ2) is 9.95. The minimum atomic E-state index is -3.66. The number of rotatable bonds is 7. The van der Waals surface area contributed by atoms with Crippen LogP contribution >= 0.6 is 23.4 Å². The van der Waals surface area contributed by atoms with Crippen molar-refractivity contribution in [3.8, 4) is 0 Å². The average Bonchev–Trinajstić information content (AvgIpc) is 2.73. The number of morpholine rings is 1. The molecule has 2 aromatic carbocycles. The molecule has 0 saturated carbocycles. The molecule has 1 amide bonds. The third-order valence-electron chi connectivity index (χ3n) is 4.51. The fraction of sp³-hybridized carbons (Fsp3) is 0.350. The summed E-state index contributed by atoms with van der Waals surface area (Å²) in [5.74, 6) is 0.401. The number of nitrogens with zero attached hydrogens (tertiary/aromatic N) is 1. The SMILES string of the molecule is Cc1ccc(C(=O)NCCSc2ccc(Cl)cc2)cc1S(=O)(=O)N1CCOCC1. The van der Waals surface area contributed by atoms with Crippen molar-refractivity contribution in [2.24, 2.45) is 0 Å². The number of ether oxygens (including phenoxy) is 1. The zero-order valence-electron chi connectivity index (χ0n) is 16.1. The Labute approximate surface area is 180 Å². The van der Waals surface area contributed by atoms with Crippen LogP contribution in [0.15, 0.2) is 52.3 Å². The number of aryl methyl sites for hydroxylation is 1. The summed E-state index contributed by atoms with van der Waals surface area (Å²) in [5.41, 5.74) is 0.949. The molecular weight excluding hydrogens is 432 g/mol. The molecule has 0 aliphatic carbocycles. The quantitative estimate of drug-likeness (QED) is 0.513. The number of halogens is 1. The van der Waals surface area contributed by atoms with E-state index in [0.717, 1.165) is 4.90 Å². The number of benzene rings is 2. The molecule has 1 saturated heterocycles. The van der Waals surface area contributed by atoms with Gasteiger partial charge in [-0.15, -0.1) is 11.8 Å². The predicted octanol–water partition coefficient (Wildman–Crippen LogP) is 3.19. The summed E-state index contributed by atoms with van der Waals surface area (Å²) in [6, 6.07) is 12.3. The highest BCUT2D eigenvalue weighted by atomic mass is 35.5. The molecule has 2 aromatic rings. The fourth-order valence-corrected chi connectivity index (χ4v) is 5.46. The summed E-state index contributed by atoms with van der Waals surface area (Å²) >= 11 is 7.48. The van der Waals surface area contributed by atoms with Gasteiger partial charge in [-0.25, -0.2) is 8.42 Å². The number of thioether (sulfide) groups is 1. The number of amides is 1. The Kier molecular flexibility index (Phi) is 7.59. The number of sulfonamides is 1. The van der Waals surface area contributed by atoms with E-state index in [-0.39, 0.29) is 10.8 Å². The highest BCUT2D eigenvalue weighted by Crippen LogP contribution is 2.23. The van der Waals surface area contributed by atoms with E-state index in [0.29, 0.717) is 54.8 Å². The molecule has 0 bridgehead atoms. The van der Waals surface area contributed by atoms with Crippen LogP contribution in [0.5, 0.6) is 0 Å². The molecule has 1 N–H and O–H groups in total. The monoisotopic (exact) mass is 454 g/mol. The topological polar surface area (TPSA) is 75.7 Å². The molecule has 156 valence electrons. The minimum absolute atomic E-state index is 0.169. The number of carbonyl (C=O) groups excluding carboxylic acids is 1. The number of carbonyl (C=O) groups is 1. The molecule has 1 heterocycles. The van der Waals surface area contributed by atoms with Gasteiger partial charge in [-0.1, -0.05) is 17.7 Å². The van der Waals surface area contributed by atoms with Crippen molar-refractivity contribution < 1.29 is 17.9 Å². The lowest BCUT2D eigenvalue weighted by atomic mass is 10.1. The summed E-state index contributed by atoms with van der Waals surface area (Å²) in [6.07, 6.45) is 0. The summed E-state index contributed by atoms with van der Waals surface area (Å²) in [4.78, 5) is 13.7. The van der Waals surface area contributed by atoms with Crippen LogP contribution in [-0.2, 0) is 14.8 Å². The maximum absolute atomic E-state index is 12.9. The van der Waals surface area contributed by atoms with Gasteiger partial charge in [-0.2, -0.15) is 4.31 Å². The van der Waals surface area contributed by atoms with Gasteiger partial charge in [0.1, 0.15) is 0 Å². The molecule has 1 fully saturated rings. The molecule has 0 atom stereocenters. The van der Waals surface area contributed by atoms with Gasteiger partial charge in [-0.05, 0) is 48.9 Å². The average molecular weight is 455 g/mol. The Hall–Kier alpha value is -1.58. The van der Waals surface area contributed by atoms with Gasteiger partial charge in [-0.3, -0.25) is 4.79 Å². The van der Waals surface area contributed by atoms with Crippen LogP contribution in [0, 0.1) is 6.92 Å². The van der Waals surface area contributed by atoms with Crippen LogP contribution in [0.25, 0.3) is 0 Å². The van der Waals surface area contributed by atoms with E-state index in [4.69, 9.17) is 16.3 Å². The van der Waals surface area contributed by atoms with Crippen molar-refractivity contribution in [2.75, 3.05) is 38.6 Å². The van der Waals surface area contributed by atoms with Crippen LogP contribution in [0.1, 0.15) is 15.9 Å². The van der Waals surface area contributed by atoms with E-state index < -0.39 is 10.0 Å². The third-order valence-corrected chi connectivity index (χ3v) is 7.81. The largest absolute Gasteiger partial charge is 0.379 e. The van der Waals surface area contributed by atoms with E-state index in [1.54, 1.807) is 30.8 Å². The highest BCUT2D eigenvalue weighted by Gasteiger charge is 2.28. The number of hydrogen-bond donors (Lipinski definition) is 1. The molecule has 1 aliphatic heterocycles. The van der Waals surface area contributed by atoms with Gasteiger partial charge in [0.2, 0.25) is 10.0 Å². The normalized spacial score (nSPS) is 15.2. The molecule has 29 heavy (non-hydrogen) atoms. The lowest BCUT2D eigenvalue weighted by Crippen LogP contribution is -2.41. The minimum Gasteiger partial charge on any atom is -0.379 e. The van der Waals surface area contributed by atoms with Gasteiger partial charge in [0.05, 0.1) is 18.1 Å². The smallest absolute Gasteiger partial charge is 0.251 e. The molecule has 0 spiro atoms. The summed E-state index contributed by atoms with van der Waals surface area (Å²) in [6.45, 7) is 3.59. The van der Waals surface area contributed by atoms with Gasteiger partial charge < -0.3 is 10.1 Å². The van der Waals surface area contributed by atoms with Gasteiger partial charge in [0, 0.05) is 40.9 Å². The Morgan fingerprint density at radius 3 is 2.55 bits per heavy atom. The first kappa shape index (κ1) is 22.1. The molecule has 9 heteroatoms. The van der Waals surface area contributed by atoms with E-state index in [2.05, 4.69) is 5.32 Å². The maximum Gasteiger partial charge on any atom is 0.251 e. The molecule has 1 aliphatic rings. The highest BCUT2D eigenvalue weighted by molar-refractivity contribution is 7.99. The second-order valence-corrected chi connectivity index (χ2v) is 10.1. The third kappa shape index (κ3) is 5.73. The van der Waals surface area contributed by atoms with Crippen LogP contribution in [0.2, 0.25) is 5.02 Å². The Morgan fingerprint density at radius 1 is 1.17 bits per heavy atom. The van der Waals surface area contributed by atoms with E-state index >= 15 is 0 Å². The van der Waals surface area contributed by atoms with Crippen molar-refractivity contribution in [2.45, 2.75) is 16.7 Å². The van der Waals surface area contributed by atoms with Crippen LogP contribution < -0.4 is 5.32 Å². The van der Waals surface area contributed by atoms with Crippen molar-refractivity contribution in [1.29, 1.82) is 0 Å². The molecule has 0 aromatic heterocycles. The lowest BCUT2D eigenvalue weighted by molar-refractivity contribution is 0.0730. The molecular formula is C20H23ClN2O4S2. The second-order valence-electron chi connectivity index (χ2n) is 6.56. The van der Waals surface area contributed by atoms with Gasteiger partial charge in [0.25, 0.3) is 5.91 Å². The molecule has 0 radical (unpaired) electrons. The van der Waals surface area contributed by atoms with Crippen molar-refractivity contribution in [1.82, 2.24) is 9.62 Å². The first-order chi connectivity index (χ1) is 13.9. The van der Waals surface area contributed by atoms with Gasteiger partial charge in [0.15, 0.2) is 0 Å². The van der Waals surface area contributed by atoms with E-state index in [1.807, 2.05) is 24.3 Å². The van der Waals surface area contributed by atoms with Crippen LogP contribution in [-0.4, -0.2) is 57.2 Å². The molecule has 0 unspecified atom stereocenters. The zero-order valence-corrected chi connectivity index (χ0v) is 18.4. The number of nitrogens with one attached hydrogen (secondary N) is 1. The maximum atomic E-state index is 12.9. The lowest BCUT2D eigenvalue weighted by Gasteiger charge is -2.26. The van der Waals surface area contributed by atoms with Crippen molar-refractivity contribution in [3.63, 3.8) is 0 Å². The van der Waals surface area contributed by atoms with Crippen LogP contribution in [0.3, 0.4) is 0 Å². The van der Waals surface area contributed by atoms with Crippen molar-refractivity contribution >= 4 is 39.3 Å². The predicted molar refractivity (Wildman–Crippen MR) is 115 cm³/mol. The summed E-state index contributed by atoms with van der Waals surface area (Å²) < 4.78 is 32.5. The number of hydrogen-bond acceptors (Lipinski definition) is 5.